The number of dihydropyridines is 1. The number of hydrogen-bond acceptors (Lipinski definition) is 5. The van der Waals surface area contributed by atoms with E-state index in [1.165, 1.54) is 16.7 Å². The second-order valence-electron chi connectivity index (χ2n) is 13.1. The molecule has 0 fully saturated rings. The Balaban J connectivity index is 1.39. The molecular formula is C44H37N5O. The van der Waals surface area contributed by atoms with Crippen LogP contribution in [0, 0.1) is 13.8 Å². The molecule has 1 aliphatic carbocycles. The van der Waals surface area contributed by atoms with Crippen molar-refractivity contribution in [3.05, 3.63) is 196 Å². The highest BCUT2D eigenvalue weighted by atomic mass is 16.3. The Labute approximate surface area is 292 Å². The van der Waals surface area contributed by atoms with E-state index < -0.39 is 5.41 Å². The molecule has 6 aromatic rings. The van der Waals surface area contributed by atoms with Crippen molar-refractivity contribution in [2.24, 2.45) is 9.98 Å². The highest BCUT2D eigenvalue weighted by molar-refractivity contribution is 6.09. The number of nitrogens with zero attached hydrogens (tertiary/aromatic N) is 4. The molecule has 6 nitrogen and oxygen atoms in total. The number of amidine groups is 1. The van der Waals surface area contributed by atoms with E-state index in [0.717, 1.165) is 56.4 Å². The van der Waals surface area contributed by atoms with Crippen LogP contribution in [-0.4, -0.2) is 34.9 Å². The fraction of sp³-hybridized carbons (Fsp3) is 0.136. The van der Waals surface area contributed by atoms with E-state index in [4.69, 9.17) is 14.4 Å². The Morgan fingerprint density at radius 2 is 1.40 bits per heavy atom. The summed E-state index contributed by atoms with van der Waals surface area (Å²) in [5, 5.41) is 3.60. The molecule has 0 radical (unpaired) electrons. The van der Waals surface area contributed by atoms with Crippen LogP contribution in [0.2, 0.25) is 0 Å². The number of benzene rings is 4. The lowest BCUT2D eigenvalue weighted by atomic mass is 9.63. The Hall–Kier alpha value is -6.14. The molecule has 1 unspecified atom stereocenters. The fourth-order valence-electron chi connectivity index (χ4n) is 8.21. The van der Waals surface area contributed by atoms with Crippen molar-refractivity contribution in [3.63, 3.8) is 0 Å². The van der Waals surface area contributed by atoms with Crippen LogP contribution in [0.25, 0.3) is 16.9 Å². The third-order valence-electron chi connectivity index (χ3n) is 10.6. The van der Waals surface area contributed by atoms with E-state index >= 15 is 0 Å². The minimum absolute atomic E-state index is 0.272. The maximum absolute atomic E-state index is 6.63. The Morgan fingerprint density at radius 1 is 0.780 bits per heavy atom. The van der Waals surface area contributed by atoms with E-state index in [0.29, 0.717) is 12.5 Å². The largest absolute Gasteiger partial charge is 0.464 e. The first-order valence-electron chi connectivity index (χ1n) is 17.1. The zero-order valence-corrected chi connectivity index (χ0v) is 28.3. The van der Waals surface area contributed by atoms with Gasteiger partial charge in [-0.2, -0.15) is 4.99 Å². The number of fused-ring (bicyclic) bond motifs is 4. The maximum atomic E-state index is 6.63. The molecule has 1 atom stereocenters. The minimum atomic E-state index is -0.623. The highest BCUT2D eigenvalue weighted by Crippen LogP contribution is 2.56. The number of nitrogens with one attached hydrogen (secondary N) is 1. The molecule has 0 saturated heterocycles. The number of aliphatic imine (C=N–C) groups is 2. The van der Waals surface area contributed by atoms with Crippen LogP contribution in [-0.2, 0) is 5.41 Å². The number of rotatable bonds is 4. The second-order valence-corrected chi connectivity index (χ2v) is 13.1. The molecule has 2 aromatic heterocycles. The first-order chi connectivity index (χ1) is 24.6. The van der Waals surface area contributed by atoms with Gasteiger partial charge in [-0.3, -0.25) is 4.57 Å². The van der Waals surface area contributed by atoms with Crippen molar-refractivity contribution in [2.45, 2.75) is 25.4 Å². The van der Waals surface area contributed by atoms with Gasteiger partial charge in [0.05, 0.1) is 17.4 Å². The van der Waals surface area contributed by atoms with E-state index in [1.54, 1.807) is 0 Å². The molecule has 4 heterocycles. The second kappa shape index (κ2) is 11.8. The smallest absolute Gasteiger partial charge is 0.234 e. The minimum Gasteiger partial charge on any atom is -0.464 e. The molecule has 50 heavy (non-hydrogen) atoms. The zero-order chi connectivity index (χ0) is 33.8. The molecule has 0 amide bonds. The first kappa shape index (κ1) is 30.0. The van der Waals surface area contributed by atoms with Crippen LogP contribution in [0.1, 0.15) is 50.9 Å². The molecule has 9 rings (SSSR count). The summed E-state index contributed by atoms with van der Waals surface area (Å²) in [7, 11) is 2.08. The molecule has 4 aromatic carbocycles. The lowest BCUT2D eigenvalue weighted by Gasteiger charge is -2.39. The van der Waals surface area contributed by atoms with Crippen molar-refractivity contribution in [1.29, 1.82) is 0 Å². The summed E-state index contributed by atoms with van der Waals surface area (Å²) in [6.07, 6.45) is 5.88. The molecule has 0 saturated carbocycles. The van der Waals surface area contributed by atoms with Gasteiger partial charge < -0.3 is 14.6 Å². The van der Waals surface area contributed by atoms with Gasteiger partial charge in [0, 0.05) is 41.5 Å². The Kier molecular flexibility index (Phi) is 7.06. The van der Waals surface area contributed by atoms with Crippen molar-refractivity contribution < 1.29 is 4.42 Å². The SMILES string of the molecule is Cc1c2c(n(C3=NC(c4ccccc4)N(C)C(c4ccccc4)=N3)c1C)C1=C(CNC=C1)C(c1ccccc1)(c1ccccc1)c1ccoc1-2. The van der Waals surface area contributed by atoms with E-state index in [-0.39, 0.29) is 6.17 Å². The van der Waals surface area contributed by atoms with E-state index in [9.17, 15) is 0 Å². The van der Waals surface area contributed by atoms with Crippen LogP contribution in [0.5, 0.6) is 0 Å². The molecule has 244 valence electrons. The van der Waals surface area contributed by atoms with Gasteiger partial charge in [-0.25, -0.2) is 4.99 Å². The van der Waals surface area contributed by atoms with Gasteiger partial charge in [-0.05, 0) is 60.0 Å². The monoisotopic (exact) mass is 651 g/mol. The van der Waals surface area contributed by atoms with Gasteiger partial charge in [0.1, 0.15) is 11.6 Å². The zero-order valence-electron chi connectivity index (χ0n) is 28.3. The van der Waals surface area contributed by atoms with Crippen LogP contribution >= 0.6 is 0 Å². The average molecular weight is 652 g/mol. The highest BCUT2D eigenvalue weighted by Gasteiger charge is 2.48. The summed E-state index contributed by atoms with van der Waals surface area (Å²) in [6, 6.07) is 44.8. The van der Waals surface area contributed by atoms with Crippen molar-refractivity contribution in [3.8, 4) is 11.3 Å². The number of allylic oxidation sites excluding steroid dienone is 2. The van der Waals surface area contributed by atoms with Gasteiger partial charge >= 0.3 is 0 Å². The summed E-state index contributed by atoms with van der Waals surface area (Å²) in [6.45, 7) is 5.03. The maximum Gasteiger partial charge on any atom is 0.234 e. The summed E-state index contributed by atoms with van der Waals surface area (Å²) in [5.41, 5.74) is 11.7. The fourth-order valence-corrected chi connectivity index (χ4v) is 8.21. The van der Waals surface area contributed by atoms with Gasteiger partial charge in [-0.15, -0.1) is 0 Å². The Morgan fingerprint density at radius 3 is 2.06 bits per heavy atom. The average Bonchev–Trinajstić information content (AvgIpc) is 3.73. The summed E-state index contributed by atoms with van der Waals surface area (Å²) in [5.74, 6) is 2.39. The quantitative estimate of drug-likeness (QED) is 0.207. The summed E-state index contributed by atoms with van der Waals surface area (Å²) in [4.78, 5) is 13.0. The molecule has 0 spiro atoms. The third-order valence-corrected chi connectivity index (χ3v) is 10.6. The predicted molar refractivity (Wildman–Crippen MR) is 201 cm³/mol. The van der Waals surface area contributed by atoms with Crippen molar-refractivity contribution in [1.82, 2.24) is 14.8 Å². The van der Waals surface area contributed by atoms with Crippen molar-refractivity contribution in [2.75, 3.05) is 13.6 Å². The first-order valence-corrected chi connectivity index (χ1v) is 17.1. The van der Waals surface area contributed by atoms with Gasteiger partial charge in [0.2, 0.25) is 5.96 Å². The third kappa shape index (κ3) is 4.34. The number of hydrogen-bond donors (Lipinski definition) is 1. The number of aromatic nitrogens is 1. The lowest BCUT2D eigenvalue weighted by Crippen LogP contribution is -2.38. The van der Waals surface area contributed by atoms with E-state index in [1.807, 2.05) is 18.4 Å². The molecule has 3 aliphatic rings. The molecular weight excluding hydrogens is 615 g/mol. The number of furan rings is 1. The van der Waals surface area contributed by atoms with E-state index in [2.05, 4.69) is 163 Å². The normalized spacial score (nSPS) is 17.6. The lowest BCUT2D eigenvalue weighted by molar-refractivity contribution is 0.381. The summed E-state index contributed by atoms with van der Waals surface area (Å²) >= 11 is 0. The van der Waals surface area contributed by atoms with Crippen molar-refractivity contribution >= 4 is 17.4 Å². The molecule has 6 heteroatoms. The van der Waals surface area contributed by atoms with Crippen LogP contribution in [0.3, 0.4) is 0 Å². The van der Waals surface area contributed by atoms with Gasteiger partial charge in [0.25, 0.3) is 0 Å². The van der Waals surface area contributed by atoms with Crippen LogP contribution < -0.4 is 5.32 Å². The molecule has 0 bridgehead atoms. The van der Waals surface area contributed by atoms with Crippen LogP contribution in [0.4, 0.5) is 0 Å². The van der Waals surface area contributed by atoms with Crippen LogP contribution in [0.15, 0.2) is 166 Å². The predicted octanol–water partition coefficient (Wildman–Crippen LogP) is 8.88. The topological polar surface area (TPSA) is 58.1 Å². The molecule has 2 aliphatic heterocycles. The Bertz CT molecular complexity index is 2310. The van der Waals surface area contributed by atoms with Gasteiger partial charge in [0.15, 0.2) is 6.17 Å². The molecule has 1 N–H and O–H groups in total. The summed E-state index contributed by atoms with van der Waals surface area (Å²) < 4.78 is 8.91. The standard InChI is InChI=1S/C44H37N5O/c1-29-30(2)49(43-46-41(31-16-8-4-9-17-31)48(3)42(47-43)32-18-10-5-11-19-32)39-35-24-26-45-28-37(35)44(33-20-12-6-13-21-33,34-22-14-7-15-23-34)36-25-27-50-40(36)38(29)39/h4-27,41,45H,28H2,1-3H3. The van der Waals surface area contributed by atoms with Gasteiger partial charge in [-0.1, -0.05) is 121 Å².